The van der Waals surface area contributed by atoms with Gasteiger partial charge < -0.3 is 14.7 Å². The molecule has 1 saturated heterocycles. The third-order valence-corrected chi connectivity index (χ3v) is 4.14. The summed E-state index contributed by atoms with van der Waals surface area (Å²) in [4.78, 5) is 16.1. The molecule has 0 aliphatic carbocycles. The first-order valence-corrected chi connectivity index (χ1v) is 7.84. The molecular weight excluding hydrogens is 325 g/mol. The number of hydrogen-bond acceptors (Lipinski definition) is 4. The number of benzene rings is 1. The maximum Gasteiger partial charge on any atom is 0.573 e. The Balaban J connectivity index is 2.06. The second kappa shape index (κ2) is 7.85. The molecule has 8 heteroatoms. The lowest BCUT2D eigenvalue weighted by molar-refractivity contribution is -0.274. The van der Waals surface area contributed by atoms with E-state index in [1.165, 1.54) is 23.1 Å². The van der Waals surface area contributed by atoms with Crippen LogP contribution >= 0.6 is 0 Å². The van der Waals surface area contributed by atoms with E-state index in [1.807, 2.05) is 6.92 Å². The highest BCUT2D eigenvalue weighted by Crippen LogP contribution is 2.27. The number of hydrogen-bond donors (Lipinski definition) is 1. The number of nitrogens with zero attached hydrogens (tertiary/aromatic N) is 2. The second-order valence-electron chi connectivity index (χ2n) is 5.62. The molecule has 134 valence electrons. The Labute approximate surface area is 138 Å². The summed E-state index contributed by atoms with van der Waals surface area (Å²) in [6, 6.07) is 5.41. The predicted octanol–water partition coefficient (Wildman–Crippen LogP) is 2.11. The van der Waals surface area contributed by atoms with E-state index in [9.17, 15) is 23.1 Å². The van der Waals surface area contributed by atoms with Crippen molar-refractivity contribution < 1.29 is 27.8 Å². The van der Waals surface area contributed by atoms with Gasteiger partial charge in [-0.15, -0.1) is 13.2 Å². The highest BCUT2D eigenvalue weighted by molar-refractivity contribution is 5.97. The molecule has 2 rings (SSSR count). The third kappa shape index (κ3) is 4.61. The van der Waals surface area contributed by atoms with Crippen molar-refractivity contribution in [2.24, 2.45) is 0 Å². The van der Waals surface area contributed by atoms with Crippen molar-refractivity contribution in [3.63, 3.8) is 0 Å². The zero-order chi connectivity index (χ0) is 17.7. The summed E-state index contributed by atoms with van der Waals surface area (Å²) in [5.74, 6) is -0.967. The molecule has 1 aliphatic heterocycles. The van der Waals surface area contributed by atoms with Gasteiger partial charge in [0.05, 0.1) is 12.2 Å². The maximum atomic E-state index is 12.5. The monoisotopic (exact) mass is 346 g/mol. The number of rotatable bonds is 5. The number of aliphatic hydroxyl groups excluding tert-OH is 1. The van der Waals surface area contributed by atoms with Crippen molar-refractivity contribution in [2.75, 3.05) is 32.8 Å². The van der Waals surface area contributed by atoms with Gasteiger partial charge in [0.1, 0.15) is 5.75 Å². The van der Waals surface area contributed by atoms with E-state index in [4.69, 9.17) is 0 Å². The molecular formula is C16H21F3N2O3. The molecule has 1 atom stereocenters. The van der Waals surface area contributed by atoms with E-state index >= 15 is 0 Å². The Hall–Kier alpha value is -1.80. The average Bonchev–Trinajstić information content (AvgIpc) is 2.55. The second-order valence-corrected chi connectivity index (χ2v) is 5.62. The molecule has 1 amide bonds. The zero-order valence-corrected chi connectivity index (χ0v) is 13.4. The van der Waals surface area contributed by atoms with Crippen molar-refractivity contribution in [3.05, 3.63) is 29.8 Å². The van der Waals surface area contributed by atoms with Crippen LogP contribution in [0.1, 0.15) is 23.7 Å². The molecule has 0 spiro atoms. The maximum absolute atomic E-state index is 12.5. The van der Waals surface area contributed by atoms with Crippen molar-refractivity contribution >= 4 is 5.91 Å². The van der Waals surface area contributed by atoms with Crippen molar-refractivity contribution in [2.45, 2.75) is 25.7 Å². The van der Waals surface area contributed by atoms with Gasteiger partial charge in [0.25, 0.3) is 5.91 Å². The van der Waals surface area contributed by atoms with Gasteiger partial charge >= 0.3 is 6.36 Å². The number of alkyl halides is 3. The number of carbonyl (C=O) groups is 1. The summed E-state index contributed by atoms with van der Waals surface area (Å²) in [6.45, 7) is 3.97. The fourth-order valence-corrected chi connectivity index (χ4v) is 2.82. The lowest BCUT2D eigenvalue weighted by atomic mass is 10.1. The Morgan fingerprint density at radius 1 is 1.25 bits per heavy atom. The van der Waals surface area contributed by atoms with Crippen molar-refractivity contribution in [1.82, 2.24) is 9.80 Å². The first kappa shape index (κ1) is 18.5. The highest BCUT2D eigenvalue weighted by Gasteiger charge is 2.34. The third-order valence-electron chi connectivity index (χ3n) is 4.14. The number of carbonyl (C=O) groups excluding carboxylic acids is 1. The van der Waals surface area contributed by atoms with Gasteiger partial charge in [-0.05, 0) is 18.6 Å². The van der Waals surface area contributed by atoms with Crippen molar-refractivity contribution in [1.29, 1.82) is 0 Å². The summed E-state index contributed by atoms with van der Waals surface area (Å²) in [5, 5.41) is 9.33. The normalized spacial score (nSPS) is 17.6. The molecule has 1 aromatic carbocycles. The van der Waals surface area contributed by atoms with E-state index in [1.54, 1.807) is 0 Å². The minimum atomic E-state index is -4.84. The minimum absolute atomic E-state index is 0.0445. The summed E-state index contributed by atoms with van der Waals surface area (Å²) in [5.41, 5.74) is -0.0996. The Kier molecular flexibility index (Phi) is 6.06. The molecule has 0 radical (unpaired) electrons. The molecule has 1 unspecified atom stereocenters. The lowest BCUT2D eigenvalue weighted by Gasteiger charge is -2.38. The molecule has 0 aromatic heterocycles. The Bertz CT molecular complexity index is 554. The quantitative estimate of drug-likeness (QED) is 0.887. The van der Waals surface area contributed by atoms with Crippen LogP contribution in [0.2, 0.25) is 0 Å². The van der Waals surface area contributed by atoms with Crippen LogP contribution in [-0.4, -0.2) is 66.0 Å². The van der Waals surface area contributed by atoms with Crippen LogP contribution < -0.4 is 4.74 Å². The van der Waals surface area contributed by atoms with Crippen LogP contribution in [0.5, 0.6) is 5.75 Å². The van der Waals surface area contributed by atoms with E-state index in [0.29, 0.717) is 26.2 Å². The molecule has 1 aliphatic rings. The lowest BCUT2D eigenvalue weighted by Crippen LogP contribution is -2.52. The number of para-hydroxylation sites is 1. The number of amides is 1. The zero-order valence-electron chi connectivity index (χ0n) is 13.4. The molecule has 1 heterocycles. The van der Waals surface area contributed by atoms with Gasteiger partial charge in [-0.25, -0.2) is 0 Å². The van der Waals surface area contributed by atoms with Gasteiger partial charge in [0.15, 0.2) is 0 Å². The summed E-state index contributed by atoms with van der Waals surface area (Å²) in [6.07, 6.45) is -4.04. The molecule has 24 heavy (non-hydrogen) atoms. The van der Waals surface area contributed by atoms with Gasteiger partial charge in [0, 0.05) is 32.2 Å². The largest absolute Gasteiger partial charge is 0.573 e. The van der Waals surface area contributed by atoms with E-state index in [-0.39, 0.29) is 18.2 Å². The summed E-state index contributed by atoms with van der Waals surface area (Å²) < 4.78 is 41.4. The van der Waals surface area contributed by atoms with Gasteiger partial charge in [0.2, 0.25) is 0 Å². The predicted molar refractivity (Wildman–Crippen MR) is 81.8 cm³/mol. The summed E-state index contributed by atoms with van der Waals surface area (Å²) >= 11 is 0. The molecule has 1 fully saturated rings. The number of ether oxygens (including phenoxy) is 1. The first-order valence-electron chi connectivity index (χ1n) is 7.84. The Morgan fingerprint density at radius 3 is 2.42 bits per heavy atom. The first-order chi connectivity index (χ1) is 11.4. The fourth-order valence-electron chi connectivity index (χ4n) is 2.82. The standard InChI is InChI=1S/C16H21F3N2O3/c1-2-12(11-22)20-7-9-21(10-8-20)15(23)13-5-3-4-6-14(13)24-16(17,18)19/h3-6,12,22H,2,7-11H2,1H3. The molecule has 0 saturated carbocycles. The topological polar surface area (TPSA) is 53.0 Å². The average molecular weight is 346 g/mol. The van der Waals surface area contributed by atoms with Gasteiger partial charge in [-0.2, -0.15) is 0 Å². The Morgan fingerprint density at radius 2 is 1.88 bits per heavy atom. The van der Waals surface area contributed by atoms with Gasteiger partial charge in [-0.1, -0.05) is 19.1 Å². The van der Waals surface area contributed by atoms with E-state index in [2.05, 4.69) is 9.64 Å². The van der Waals surface area contributed by atoms with E-state index in [0.717, 1.165) is 12.5 Å². The van der Waals surface area contributed by atoms with Crippen LogP contribution in [0.15, 0.2) is 24.3 Å². The number of halogens is 3. The molecule has 5 nitrogen and oxygen atoms in total. The summed E-state index contributed by atoms with van der Waals surface area (Å²) in [7, 11) is 0. The highest BCUT2D eigenvalue weighted by atomic mass is 19.4. The SMILES string of the molecule is CCC(CO)N1CCN(C(=O)c2ccccc2OC(F)(F)F)CC1. The number of aliphatic hydroxyl groups is 1. The van der Waals surface area contributed by atoms with Crippen LogP contribution in [0, 0.1) is 0 Å². The molecule has 1 aromatic rings. The van der Waals surface area contributed by atoms with E-state index < -0.39 is 18.0 Å². The minimum Gasteiger partial charge on any atom is -0.405 e. The molecule has 0 bridgehead atoms. The van der Waals surface area contributed by atoms with Crippen LogP contribution in [0.3, 0.4) is 0 Å². The van der Waals surface area contributed by atoms with Crippen molar-refractivity contribution in [3.8, 4) is 5.75 Å². The number of piperazine rings is 1. The van der Waals surface area contributed by atoms with Crippen LogP contribution in [0.25, 0.3) is 0 Å². The molecule has 1 N–H and O–H groups in total. The van der Waals surface area contributed by atoms with Crippen LogP contribution in [0.4, 0.5) is 13.2 Å². The van der Waals surface area contributed by atoms with Gasteiger partial charge in [-0.3, -0.25) is 9.69 Å². The fraction of sp³-hybridized carbons (Fsp3) is 0.562. The smallest absolute Gasteiger partial charge is 0.405 e. The van der Waals surface area contributed by atoms with Crippen LogP contribution in [-0.2, 0) is 0 Å².